The van der Waals surface area contributed by atoms with Crippen molar-refractivity contribution in [3.05, 3.63) is 34.6 Å². The zero-order valence-electron chi connectivity index (χ0n) is 10.2. The quantitative estimate of drug-likeness (QED) is 0.907. The lowest BCUT2D eigenvalue weighted by atomic mass is 10.2. The molecule has 1 aromatic rings. The lowest BCUT2D eigenvalue weighted by molar-refractivity contribution is -0.121. The number of nitrogens with zero attached hydrogens (tertiary/aromatic N) is 1. The summed E-state index contributed by atoms with van der Waals surface area (Å²) < 4.78 is 13.5. The van der Waals surface area contributed by atoms with Gasteiger partial charge in [0.25, 0.3) is 5.91 Å². The third kappa shape index (κ3) is 3.70. The van der Waals surface area contributed by atoms with Crippen LogP contribution in [0.1, 0.15) is 17.3 Å². The number of benzene rings is 1. The molecule has 0 atom stereocenters. The van der Waals surface area contributed by atoms with Gasteiger partial charge in [0, 0.05) is 18.6 Å². The molecule has 0 saturated heterocycles. The van der Waals surface area contributed by atoms with Gasteiger partial charge in [-0.05, 0) is 25.1 Å². The van der Waals surface area contributed by atoms with Crippen LogP contribution in [0.3, 0.4) is 0 Å². The third-order valence-electron chi connectivity index (χ3n) is 2.26. The molecule has 0 spiro atoms. The molecule has 0 aliphatic heterocycles. The summed E-state index contributed by atoms with van der Waals surface area (Å²) in [6.45, 7) is 2.13. The average molecular weight is 273 g/mol. The second kappa shape index (κ2) is 6.35. The first-order chi connectivity index (χ1) is 8.45. The molecule has 1 N–H and O–H groups in total. The van der Waals surface area contributed by atoms with Crippen LogP contribution in [-0.2, 0) is 4.79 Å². The summed E-state index contributed by atoms with van der Waals surface area (Å²) in [7, 11) is 1.43. The van der Waals surface area contributed by atoms with Crippen LogP contribution in [0, 0.1) is 5.82 Å². The molecule has 98 valence electrons. The Labute approximate surface area is 110 Å². The minimum Gasteiger partial charge on any atom is -0.355 e. The standard InChI is InChI=1S/C12H14ClFN2O2/c1-3-15-11(17)7-16(2)12(18)9-6-8(13)4-5-10(9)14/h4-6H,3,7H2,1-2H3,(H,15,17). The zero-order valence-corrected chi connectivity index (χ0v) is 10.9. The monoisotopic (exact) mass is 272 g/mol. The van der Waals surface area contributed by atoms with Gasteiger partial charge in [0.1, 0.15) is 5.82 Å². The van der Waals surface area contributed by atoms with E-state index in [0.29, 0.717) is 6.54 Å². The van der Waals surface area contributed by atoms with Gasteiger partial charge in [-0.2, -0.15) is 0 Å². The van der Waals surface area contributed by atoms with E-state index in [9.17, 15) is 14.0 Å². The Kier molecular flexibility index (Phi) is 5.09. The molecule has 0 aliphatic rings. The molecule has 0 bridgehead atoms. The van der Waals surface area contributed by atoms with Gasteiger partial charge in [0.05, 0.1) is 12.1 Å². The molecule has 0 aromatic heterocycles. The fourth-order valence-electron chi connectivity index (χ4n) is 1.41. The highest BCUT2D eigenvalue weighted by atomic mass is 35.5. The van der Waals surface area contributed by atoms with Crippen molar-refractivity contribution >= 4 is 23.4 Å². The first kappa shape index (κ1) is 14.4. The van der Waals surface area contributed by atoms with E-state index in [4.69, 9.17) is 11.6 Å². The Balaban J connectivity index is 2.80. The van der Waals surface area contributed by atoms with Crippen molar-refractivity contribution < 1.29 is 14.0 Å². The molecule has 0 unspecified atom stereocenters. The molecule has 0 aliphatic carbocycles. The Morgan fingerprint density at radius 2 is 2.11 bits per heavy atom. The average Bonchev–Trinajstić information content (AvgIpc) is 2.31. The fourth-order valence-corrected chi connectivity index (χ4v) is 1.58. The number of carbonyl (C=O) groups excluding carboxylic acids is 2. The molecule has 4 nitrogen and oxygen atoms in total. The van der Waals surface area contributed by atoms with E-state index in [1.807, 2.05) is 0 Å². The summed E-state index contributed by atoms with van der Waals surface area (Å²) in [5.74, 6) is -1.54. The van der Waals surface area contributed by atoms with Gasteiger partial charge >= 0.3 is 0 Å². The molecule has 1 aromatic carbocycles. The van der Waals surface area contributed by atoms with Crippen molar-refractivity contribution in [1.29, 1.82) is 0 Å². The first-order valence-electron chi connectivity index (χ1n) is 5.43. The molecule has 0 heterocycles. The maximum absolute atomic E-state index is 13.5. The second-order valence-corrected chi connectivity index (χ2v) is 4.18. The van der Waals surface area contributed by atoms with Crippen molar-refractivity contribution in [3.8, 4) is 0 Å². The maximum Gasteiger partial charge on any atom is 0.257 e. The van der Waals surface area contributed by atoms with Gasteiger partial charge in [0.15, 0.2) is 0 Å². The molecule has 0 fully saturated rings. The highest BCUT2D eigenvalue weighted by Gasteiger charge is 2.18. The second-order valence-electron chi connectivity index (χ2n) is 3.74. The first-order valence-corrected chi connectivity index (χ1v) is 5.80. The van der Waals surface area contributed by atoms with Crippen molar-refractivity contribution in [2.45, 2.75) is 6.92 Å². The highest BCUT2D eigenvalue weighted by Crippen LogP contribution is 2.16. The van der Waals surface area contributed by atoms with Crippen LogP contribution in [0.5, 0.6) is 0 Å². The van der Waals surface area contributed by atoms with Gasteiger partial charge in [-0.25, -0.2) is 4.39 Å². The molecule has 0 saturated carbocycles. The summed E-state index contributed by atoms with van der Waals surface area (Å²) in [5, 5.41) is 2.83. The van der Waals surface area contributed by atoms with E-state index in [-0.39, 0.29) is 23.0 Å². The van der Waals surface area contributed by atoms with Gasteiger partial charge in [-0.3, -0.25) is 9.59 Å². The van der Waals surface area contributed by atoms with E-state index < -0.39 is 11.7 Å². The Morgan fingerprint density at radius 3 is 2.72 bits per heavy atom. The predicted molar refractivity (Wildman–Crippen MR) is 67.1 cm³/mol. The number of halogens is 2. The SMILES string of the molecule is CCNC(=O)CN(C)C(=O)c1cc(Cl)ccc1F. The van der Waals surface area contributed by atoms with Crippen LogP contribution in [0.4, 0.5) is 4.39 Å². The van der Waals surface area contributed by atoms with Crippen molar-refractivity contribution in [1.82, 2.24) is 10.2 Å². The minimum atomic E-state index is -0.660. The number of likely N-dealkylation sites (N-methyl/N-ethyl adjacent to an activating group) is 2. The molecular weight excluding hydrogens is 259 g/mol. The Bertz CT molecular complexity index is 465. The van der Waals surface area contributed by atoms with Crippen LogP contribution >= 0.6 is 11.6 Å². The van der Waals surface area contributed by atoms with Crippen molar-refractivity contribution in [2.24, 2.45) is 0 Å². The van der Waals surface area contributed by atoms with Crippen LogP contribution in [0.2, 0.25) is 5.02 Å². The van der Waals surface area contributed by atoms with Crippen LogP contribution in [0.25, 0.3) is 0 Å². The zero-order chi connectivity index (χ0) is 13.7. The summed E-state index contributed by atoms with van der Waals surface area (Å²) in [5.41, 5.74) is -0.144. The lowest BCUT2D eigenvalue weighted by Gasteiger charge is -2.17. The van der Waals surface area contributed by atoms with Crippen LogP contribution < -0.4 is 5.32 Å². The largest absolute Gasteiger partial charge is 0.355 e. The third-order valence-corrected chi connectivity index (χ3v) is 2.50. The van der Waals surface area contributed by atoms with E-state index >= 15 is 0 Å². The predicted octanol–water partition coefficient (Wildman–Crippen LogP) is 1.69. The maximum atomic E-state index is 13.5. The smallest absolute Gasteiger partial charge is 0.257 e. The van der Waals surface area contributed by atoms with Gasteiger partial charge in [0.2, 0.25) is 5.91 Å². The Morgan fingerprint density at radius 1 is 1.44 bits per heavy atom. The van der Waals surface area contributed by atoms with Gasteiger partial charge in [-0.1, -0.05) is 11.6 Å². The van der Waals surface area contributed by atoms with E-state index in [1.54, 1.807) is 6.92 Å². The van der Waals surface area contributed by atoms with Crippen molar-refractivity contribution in [2.75, 3.05) is 20.1 Å². The number of hydrogen-bond acceptors (Lipinski definition) is 2. The van der Waals surface area contributed by atoms with Crippen LogP contribution in [-0.4, -0.2) is 36.9 Å². The van der Waals surface area contributed by atoms with E-state index in [1.165, 1.54) is 19.2 Å². The number of rotatable bonds is 4. The Hall–Kier alpha value is -1.62. The molecule has 6 heteroatoms. The minimum absolute atomic E-state index is 0.126. The molecule has 1 rings (SSSR count). The van der Waals surface area contributed by atoms with Gasteiger partial charge < -0.3 is 10.2 Å². The number of amides is 2. The fraction of sp³-hybridized carbons (Fsp3) is 0.333. The summed E-state index contributed by atoms with van der Waals surface area (Å²) in [4.78, 5) is 24.4. The van der Waals surface area contributed by atoms with Crippen molar-refractivity contribution in [3.63, 3.8) is 0 Å². The number of carbonyl (C=O) groups is 2. The number of hydrogen-bond donors (Lipinski definition) is 1. The van der Waals surface area contributed by atoms with E-state index in [0.717, 1.165) is 11.0 Å². The van der Waals surface area contributed by atoms with Gasteiger partial charge in [-0.15, -0.1) is 0 Å². The molecular formula is C12H14ClFN2O2. The lowest BCUT2D eigenvalue weighted by Crippen LogP contribution is -2.38. The molecule has 2 amide bonds. The molecule has 18 heavy (non-hydrogen) atoms. The summed E-state index contributed by atoms with van der Waals surface area (Å²) in [6, 6.07) is 3.72. The van der Waals surface area contributed by atoms with Crippen LogP contribution in [0.15, 0.2) is 18.2 Å². The topological polar surface area (TPSA) is 49.4 Å². The number of nitrogens with one attached hydrogen (secondary N) is 1. The molecule has 0 radical (unpaired) electrons. The highest BCUT2D eigenvalue weighted by molar-refractivity contribution is 6.31. The van der Waals surface area contributed by atoms with E-state index in [2.05, 4.69) is 5.32 Å². The summed E-state index contributed by atoms with van der Waals surface area (Å²) >= 11 is 5.70. The normalized spacial score (nSPS) is 10.0. The summed E-state index contributed by atoms with van der Waals surface area (Å²) in [6.07, 6.45) is 0.